The zero-order chi connectivity index (χ0) is 22.9. The lowest BCUT2D eigenvalue weighted by molar-refractivity contribution is 0.310. The Morgan fingerprint density at radius 3 is 2.55 bits per heavy atom. The second-order valence-electron chi connectivity index (χ2n) is 8.25. The molecule has 5 rings (SSSR count). The van der Waals surface area contributed by atoms with E-state index >= 15 is 0 Å². The number of thiocarbonyl (C=S) groups is 1. The molecule has 1 aromatic carbocycles. The molecule has 1 aliphatic heterocycles. The van der Waals surface area contributed by atoms with E-state index in [1.165, 1.54) is 11.3 Å². The number of pyridine rings is 2. The molecule has 4 aromatic rings. The Morgan fingerprint density at radius 2 is 1.85 bits per heavy atom. The van der Waals surface area contributed by atoms with Crippen LogP contribution in [0.4, 0.5) is 0 Å². The van der Waals surface area contributed by atoms with Gasteiger partial charge in [0.1, 0.15) is 0 Å². The Hall–Kier alpha value is -3.22. The van der Waals surface area contributed by atoms with Crippen molar-refractivity contribution >= 4 is 28.9 Å². The summed E-state index contributed by atoms with van der Waals surface area (Å²) in [5, 5.41) is 4.98. The lowest BCUT2D eigenvalue weighted by Crippen LogP contribution is -2.29. The number of nitrogens with one attached hydrogen (secondary N) is 1. The third-order valence-corrected chi connectivity index (χ3v) is 6.75. The molecule has 7 heteroatoms. The van der Waals surface area contributed by atoms with Gasteiger partial charge in [0.2, 0.25) is 0 Å². The molecule has 0 bridgehead atoms. The Balaban J connectivity index is 1.61. The zero-order valence-electron chi connectivity index (χ0n) is 18.4. The average Bonchev–Trinajstić information content (AvgIpc) is 3.31. The van der Waals surface area contributed by atoms with E-state index in [9.17, 15) is 0 Å². The van der Waals surface area contributed by atoms with Crippen molar-refractivity contribution in [1.29, 1.82) is 0 Å². The van der Waals surface area contributed by atoms with Crippen LogP contribution in [0.1, 0.15) is 40.3 Å². The van der Waals surface area contributed by atoms with Gasteiger partial charge in [0.25, 0.3) is 0 Å². The highest BCUT2D eigenvalue weighted by molar-refractivity contribution is 7.80. The third-order valence-electron chi connectivity index (χ3n) is 6.15. The van der Waals surface area contributed by atoms with Crippen molar-refractivity contribution in [2.75, 3.05) is 0 Å². The average molecular weight is 474 g/mol. The standard InChI is InChI=1S/C26H24ClN5S/c1-17-14-22(18(2)32(17)21-10-8-20(27)9-11-21)25-24(23-7-3-4-13-29-23)30-26(33)31(25)16-19-6-5-12-28-15-19/h3-15,24-25H,16H2,1-2H3,(H,30,33)/t24-,25-/m1/s1. The van der Waals surface area contributed by atoms with Crippen LogP contribution in [0.5, 0.6) is 0 Å². The molecule has 0 aliphatic carbocycles. The van der Waals surface area contributed by atoms with Gasteiger partial charge < -0.3 is 14.8 Å². The van der Waals surface area contributed by atoms with Crippen LogP contribution in [0.2, 0.25) is 5.02 Å². The largest absolute Gasteiger partial charge is 0.352 e. The first kappa shape index (κ1) is 21.6. The summed E-state index contributed by atoms with van der Waals surface area (Å²) in [5.41, 5.74) is 6.71. The fourth-order valence-electron chi connectivity index (χ4n) is 4.68. The van der Waals surface area contributed by atoms with Gasteiger partial charge in [-0.1, -0.05) is 23.7 Å². The number of nitrogens with zero attached hydrogens (tertiary/aromatic N) is 4. The Kier molecular flexibility index (Phi) is 5.87. The topological polar surface area (TPSA) is 46.0 Å². The van der Waals surface area contributed by atoms with Gasteiger partial charge in [0, 0.05) is 47.2 Å². The lowest BCUT2D eigenvalue weighted by Gasteiger charge is -2.28. The quantitative estimate of drug-likeness (QED) is 0.376. The van der Waals surface area contributed by atoms with Crippen molar-refractivity contribution in [3.05, 3.63) is 112 Å². The van der Waals surface area contributed by atoms with Crippen LogP contribution in [0.15, 0.2) is 79.3 Å². The number of aromatic nitrogens is 3. The second kappa shape index (κ2) is 8.96. The highest BCUT2D eigenvalue weighted by Gasteiger charge is 2.41. The smallest absolute Gasteiger partial charge is 0.170 e. The van der Waals surface area contributed by atoms with Crippen LogP contribution in [-0.2, 0) is 6.54 Å². The SMILES string of the molecule is Cc1cc([C@@H]2[C@@H](c3ccccn3)NC(=S)N2Cc2cccnc2)c(C)n1-c1ccc(Cl)cc1. The molecule has 0 saturated carbocycles. The predicted molar refractivity (Wildman–Crippen MR) is 135 cm³/mol. The minimum absolute atomic E-state index is 0.0140. The number of rotatable bonds is 5. The molecule has 1 fully saturated rings. The van der Waals surface area contributed by atoms with Gasteiger partial charge in [-0.3, -0.25) is 9.97 Å². The molecule has 3 aromatic heterocycles. The van der Waals surface area contributed by atoms with E-state index in [1.807, 2.05) is 54.9 Å². The number of benzene rings is 1. The maximum atomic E-state index is 6.14. The van der Waals surface area contributed by atoms with E-state index in [1.54, 1.807) is 6.20 Å². The molecular weight excluding hydrogens is 450 g/mol. The van der Waals surface area contributed by atoms with E-state index in [0.29, 0.717) is 6.54 Å². The van der Waals surface area contributed by atoms with Gasteiger partial charge in [-0.25, -0.2) is 0 Å². The maximum absolute atomic E-state index is 6.14. The maximum Gasteiger partial charge on any atom is 0.170 e. The molecule has 166 valence electrons. The predicted octanol–water partition coefficient (Wildman–Crippen LogP) is 5.71. The van der Waals surface area contributed by atoms with Crippen molar-refractivity contribution in [1.82, 2.24) is 24.8 Å². The molecule has 1 aliphatic rings. The number of aryl methyl sites for hydroxylation is 1. The molecule has 0 radical (unpaired) electrons. The minimum Gasteiger partial charge on any atom is -0.352 e. The Morgan fingerprint density at radius 1 is 1.03 bits per heavy atom. The first-order valence-electron chi connectivity index (χ1n) is 10.8. The van der Waals surface area contributed by atoms with Crippen LogP contribution in [-0.4, -0.2) is 24.5 Å². The Labute approximate surface area is 204 Å². The highest BCUT2D eigenvalue weighted by atomic mass is 35.5. The van der Waals surface area contributed by atoms with E-state index in [4.69, 9.17) is 23.8 Å². The summed E-state index contributed by atoms with van der Waals surface area (Å²) < 4.78 is 2.27. The van der Waals surface area contributed by atoms with Crippen LogP contribution in [0.3, 0.4) is 0 Å². The summed E-state index contributed by atoms with van der Waals surface area (Å²) in [6, 6.07) is 20.2. The fourth-order valence-corrected chi connectivity index (χ4v) is 5.11. The number of hydrogen-bond acceptors (Lipinski definition) is 3. The monoisotopic (exact) mass is 473 g/mol. The molecule has 5 nitrogen and oxygen atoms in total. The molecule has 2 atom stereocenters. The molecular formula is C26H24ClN5S. The van der Waals surface area contributed by atoms with Crippen molar-refractivity contribution < 1.29 is 0 Å². The lowest BCUT2D eigenvalue weighted by atomic mass is 9.96. The van der Waals surface area contributed by atoms with E-state index < -0.39 is 0 Å². The molecule has 33 heavy (non-hydrogen) atoms. The van der Waals surface area contributed by atoms with Gasteiger partial charge >= 0.3 is 0 Å². The minimum atomic E-state index is -0.0606. The van der Waals surface area contributed by atoms with E-state index in [-0.39, 0.29) is 12.1 Å². The Bertz CT molecular complexity index is 1270. The van der Waals surface area contributed by atoms with Crippen molar-refractivity contribution in [3.8, 4) is 5.69 Å². The van der Waals surface area contributed by atoms with Gasteiger partial charge in [-0.2, -0.15) is 0 Å². The van der Waals surface area contributed by atoms with E-state index in [2.05, 4.69) is 56.8 Å². The summed E-state index contributed by atoms with van der Waals surface area (Å²) in [6.07, 6.45) is 5.51. The van der Waals surface area contributed by atoms with Gasteiger partial charge in [-0.05, 0) is 85.7 Å². The first-order chi connectivity index (χ1) is 16.0. The fraction of sp³-hybridized carbons (Fsp3) is 0.192. The summed E-state index contributed by atoms with van der Waals surface area (Å²) in [5.74, 6) is 0. The summed E-state index contributed by atoms with van der Waals surface area (Å²) >= 11 is 12.0. The van der Waals surface area contributed by atoms with Crippen LogP contribution >= 0.6 is 23.8 Å². The normalized spacial score (nSPS) is 17.9. The summed E-state index contributed by atoms with van der Waals surface area (Å²) in [6.45, 7) is 4.96. The van der Waals surface area contributed by atoms with Crippen LogP contribution in [0, 0.1) is 13.8 Å². The van der Waals surface area contributed by atoms with Gasteiger partial charge in [-0.15, -0.1) is 0 Å². The molecule has 0 unspecified atom stereocenters. The number of hydrogen-bond donors (Lipinski definition) is 1. The summed E-state index contributed by atoms with van der Waals surface area (Å²) in [4.78, 5) is 11.2. The molecule has 0 amide bonds. The molecule has 0 spiro atoms. The van der Waals surface area contributed by atoms with Gasteiger partial charge in [0.05, 0.1) is 17.8 Å². The van der Waals surface area contributed by atoms with Crippen molar-refractivity contribution in [2.24, 2.45) is 0 Å². The first-order valence-corrected chi connectivity index (χ1v) is 11.6. The van der Waals surface area contributed by atoms with Crippen LogP contribution < -0.4 is 5.32 Å². The second-order valence-corrected chi connectivity index (χ2v) is 9.08. The van der Waals surface area contributed by atoms with Crippen molar-refractivity contribution in [2.45, 2.75) is 32.5 Å². The highest BCUT2D eigenvalue weighted by Crippen LogP contribution is 2.42. The summed E-state index contributed by atoms with van der Waals surface area (Å²) in [7, 11) is 0. The van der Waals surface area contributed by atoms with E-state index in [0.717, 1.165) is 32.8 Å². The number of halogens is 1. The molecule has 1 N–H and O–H groups in total. The van der Waals surface area contributed by atoms with Crippen molar-refractivity contribution in [3.63, 3.8) is 0 Å². The molecule has 1 saturated heterocycles. The van der Waals surface area contributed by atoms with Gasteiger partial charge in [0.15, 0.2) is 5.11 Å². The van der Waals surface area contributed by atoms with Crippen LogP contribution in [0.25, 0.3) is 5.69 Å². The third kappa shape index (κ3) is 4.12. The zero-order valence-corrected chi connectivity index (χ0v) is 20.0. The molecule has 4 heterocycles.